The van der Waals surface area contributed by atoms with E-state index in [1.807, 2.05) is 19.9 Å². The first kappa shape index (κ1) is 34.3. The highest BCUT2D eigenvalue weighted by atomic mass is 19.4. The van der Waals surface area contributed by atoms with Crippen LogP contribution in [0.5, 0.6) is 0 Å². The van der Waals surface area contributed by atoms with Crippen molar-refractivity contribution >= 4 is 17.5 Å². The van der Waals surface area contributed by atoms with Gasteiger partial charge in [-0.3, -0.25) is 14.4 Å². The third kappa shape index (κ3) is 5.95. The Kier molecular flexibility index (Phi) is 9.31. The van der Waals surface area contributed by atoms with Crippen LogP contribution >= 0.6 is 0 Å². The highest BCUT2D eigenvalue weighted by molar-refractivity contribution is 6.01. The zero-order valence-electron chi connectivity index (χ0n) is 27.1. The molecule has 0 heterocycles. The van der Waals surface area contributed by atoms with Crippen molar-refractivity contribution in [2.45, 2.75) is 120 Å². The van der Waals surface area contributed by atoms with Gasteiger partial charge < -0.3 is 5.32 Å². The topological polar surface area (TPSA) is 87.0 Å². The molecular formula is C34H51F3N2O3. The second-order valence-corrected chi connectivity index (χ2v) is 15.5. The Balaban J connectivity index is 2.01. The maximum atomic E-state index is 13.7. The molecule has 3 rings (SSSR count). The number of nitrogens with zero attached hydrogens (tertiary/aromatic N) is 1. The molecule has 0 aromatic heterocycles. The highest BCUT2D eigenvalue weighted by Crippen LogP contribution is 2.70. The molecule has 1 unspecified atom stereocenters. The van der Waals surface area contributed by atoms with Gasteiger partial charge in [-0.25, -0.2) is 0 Å². The van der Waals surface area contributed by atoms with Crippen LogP contribution < -0.4 is 5.32 Å². The number of nitrogens with one attached hydrogen (secondary N) is 1. The van der Waals surface area contributed by atoms with Crippen molar-refractivity contribution in [1.29, 1.82) is 5.26 Å². The molecule has 8 heteroatoms. The van der Waals surface area contributed by atoms with E-state index in [4.69, 9.17) is 0 Å². The van der Waals surface area contributed by atoms with Crippen LogP contribution in [0.2, 0.25) is 0 Å². The predicted octanol–water partition coefficient (Wildman–Crippen LogP) is 7.99. The third-order valence-electron chi connectivity index (χ3n) is 12.8. The summed E-state index contributed by atoms with van der Waals surface area (Å²) in [6, 6.07) is 2.10. The molecule has 5 nitrogen and oxygen atoms in total. The molecule has 8 atom stereocenters. The largest absolute Gasteiger partial charge is 0.405 e. The number of rotatable bonds is 9. The molecule has 0 aromatic rings. The molecule has 0 bridgehead atoms. The first-order valence-electron chi connectivity index (χ1n) is 15.7. The van der Waals surface area contributed by atoms with Crippen molar-refractivity contribution in [3.63, 3.8) is 0 Å². The Bertz CT molecular complexity index is 1170. The summed E-state index contributed by atoms with van der Waals surface area (Å²) in [4.78, 5) is 40.1. The van der Waals surface area contributed by atoms with E-state index < -0.39 is 34.9 Å². The maximum absolute atomic E-state index is 13.7. The van der Waals surface area contributed by atoms with Gasteiger partial charge in [0.05, 0.1) is 5.57 Å². The fourth-order valence-electron chi connectivity index (χ4n) is 8.71. The van der Waals surface area contributed by atoms with Crippen molar-refractivity contribution in [2.24, 2.45) is 50.7 Å². The summed E-state index contributed by atoms with van der Waals surface area (Å²) in [7, 11) is 0. The molecule has 0 saturated heterocycles. The van der Waals surface area contributed by atoms with E-state index in [-0.39, 0.29) is 51.6 Å². The van der Waals surface area contributed by atoms with Crippen LogP contribution in [-0.4, -0.2) is 30.2 Å². The fourth-order valence-corrected chi connectivity index (χ4v) is 8.71. The Morgan fingerprint density at radius 1 is 1.10 bits per heavy atom. The minimum atomic E-state index is -4.50. The molecule has 1 N–H and O–H groups in total. The standard InChI is InChI=1S/C34H51F3N2O3/c1-10-29(4,5)13-14-30(6,28(42)39-20-34(35,36)37)15-16-32(8)22(3)25(40)17-26-31(7)18-23(19-38)27(41)21(2)24(31)11-12-33(26,32)9/h18,21-22,24,26H,10-17,20H2,1-9H3,(H,39,42)/t21-,22?,24-,26+,30-,31-,32+,33+/m0/s1. The SMILES string of the molecule is CCC(C)(C)CC[C@@](C)(CC[C@]1(C)C(C)C(=O)C[C@@H]2[C@@]3(C)C=C(C#N)C(=O)[C@@H](C)[C@@H]3CC[C@]21C)C(=O)NCC(F)(F)F. The first-order chi connectivity index (χ1) is 19.1. The van der Waals surface area contributed by atoms with E-state index >= 15 is 0 Å². The lowest BCUT2D eigenvalue weighted by Gasteiger charge is -2.67. The number of nitriles is 1. The zero-order valence-corrected chi connectivity index (χ0v) is 27.1. The third-order valence-corrected chi connectivity index (χ3v) is 12.8. The molecule has 42 heavy (non-hydrogen) atoms. The molecular weight excluding hydrogens is 541 g/mol. The normalized spacial score (nSPS) is 36.7. The van der Waals surface area contributed by atoms with E-state index in [9.17, 15) is 32.8 Å². The molecule has 0 aromatic carbocycles. The van der Waals surface area contributed by atoms with Gasteiger partial charge in [0.1, 0.15) is 18.4 Å². The lowest BCUT2D eigenvalue weighted by atomic mass is 9.36. The summed E-state index contributed by atoms with van der Waals surface area (Å²) >= 11 is 0. The number of hydrogen-bond donors (Lipinski definition) is 1. The Hall–Kier alpha value is -2.17. The van der Waals surface area contributed by atoms with E-state index in [1.165, 1.54) is 0 Å². The van der Waals surface area contributed by atoms with E-state index in [1.54, 1.807) is 6.92 Å². The van der Waals surface area contributed by atoms with Crippen molar-refractivity contribution in [1.82, 2.24) is 5.32 Å². The molecule has 3 aliphatic carbocycles. The average Bonchev–Trinajstić information content (AvgIpc) is 2.91. The quantitative estimate of drug-likeness (QED) is 0.294. The lowest BCUT2D eigenvalue weighted by molar-refractivity contribution is -0.182. The predicted molar refractivity (Wildman–Crippen MR) is 157 cm³/mol. The number of carbonyl (C=O) groups excluding carboxylic acids is 3. The second-order valence-electron chi connectivity index (χ2n) is 15.5. The van der Waals surface area contributed by atoms with Gasteiger partial charge in [-0.05, 0) is 72.0 Å². The second kappa shape index (κ2) is 11.4. The molecule has 3 aliphatic rings. The number of halogens is 3. The summed E-state index contributed by atoms with van der Waals surface area (Å²) in [6.45, 7) is 17.0. The average molecular weight is 593 g/mol. The van der Waals surface area contributed by atoms with Crippen LogP contribution in [0.15, 0.2) is 11.6 Å². The minimum absolute atomic E-state index is 0.0281. The molecule has 0 aliphatic heterocycles. The van der Waals surface area contributed by atoms with Gasteiger partial charge in [0.25, 0.3) is 0 Å². The molecule has 1 amide bonds. The number of hydrogen-bond acceptors (Lipinski definition) is 4. The van der Waals surface area contributed by atoms with Crippen molar-refractivity contribution in [2.75, 3.05) is 6.54 Å². The van der Waals surface area contributed by atoms with E-state index in [0.29, 0.717) is 32.1 Å². The van der Waals surface area contributed by atoms with Crippen molar-refractivity contribution in [3.05, 3.63) is 11.6 Å². The summed E-state index contributed by atoms with van der Waals surface area (Å²) in [5, 5.41) is 11.9. The number of amides is 1. The molecule has 2 fully saturated rings. The Labute approximate surface area is 250 Å². The van der Waals surface area contributed by atoms with Crippen LogP contribution in [0.1, 0.15) is 114 Å². The zero-order chi connectivity index (χ0) is 32.1. The van der Waals surface area contributed by atoms with Crippen molar-refractivity contribution in [3.8, 4) is 6.07 Å². The number of ketones is 2. The maximum Gasteiger partial charge on any atom is 0.405 e. The monoisotopic (exact) mass is 592 g/mol. The summed E-state index contributed by atoms with van der Waals surface area (Å²) < 4.78 is 39.2. The van der Waals surface area contributed by atoms with Gasteiger partial charge in [-0.15, -0.1) is 0 Å². The van der Waals surface area contributed by atoms with E-state index in [0.717, 1.165) is 19.3 Å². The summed E-state index contributed by atoms with van der Waals surface area (Å²) in [6.07, 6.45) is 2.20. The Morgan fingerprint density at radius 2 is 1.71 bits per heavy atom. The van der Waals surface area contributed by atoms with Gasteiger partial charge in [-0.2, -0.15) is 18.4 Å². The molecule has 0 spiro atoms. The van der Waals surface area contributed by atoms with Crippen LogP contribution in [0.4, 0.5) is 13.2 Å². The summed E-state index contributed by atoms with van der Waals surface area (Å²) in [5.41, 5.74) is -2.31. The number of Topliss-reactive ketones (excluding diaryl/α,β-unsaturated/α-hetero) is 2. The number of alkyl halides is 3. The molecule has 2 saturated carbocycles. The van der Waals surface area contributed by atoms with Gasteiger partial charge in [0, 0.05) is 23.7 Å². The fraction of sp³-hybridized carbons (Fsp3) is 0.824. The van der Waals surface area contributed by atoms with E-state index in [2.05, 4.69) is 52.9 Å². The minimum Gasteiger partial charge on any atom is -0.347 e. The summed E-state index contributed by atoms with van der Waals surface area (Å²) in [5.74, 6) is -1.26. The lowest BCUT2D eigenvalue weighted by Crippen LogP contribution is -2.63. The van der Waals surface area contributed by atoms with Crippen LogP contribution in [0.25, 0.3) is 0 Å². The van der Waals surface area contributed by atoms with Crippen LogP contribution in [-0.2, 0) is 14.4 Å². The van der Waals surface area contributed by atoms with Crippen molar-refractivity contribution < 1.29 is 27.6 Å². The smallest absolute Gasteiger partial charge is 0.347 e. The van der Waals surface area contributed by atoms with Gasteiger partial charge in [0.2, 0.25) is 5.91 Å². The molecule has 0 radical (unpaired) electrons. The number of allylic oxidation sites excluding steroid dienone is 2. The molecule has 236 valence electrons. The highest BCUT2D eigenvalue weighted by Gasteiger charge is 2.66. The Morgan fingerprint density at radius 3 is 2.26 bits per heavy atom. The van der Waals surface area contributed by atoms with Crippen LogP contribution in [0, 0.1) is 62.1 Å². The number of fused-ring (bicyclic) bond motifs is 3. The number of carbonyl (C=O) groups is 3. The van der Waals surface area contributed by atoms with Crippen LogP contribution in [0.3, 0.4) is 0 Å². The van der Waals surface area contributed by atoms with Gasteiger partial charge in [0.15, 0.2) is 5.78 Å². The van der Waals surface area contributed by atoms with Gasteiger partial charge >= 0.3 is 6.18 Å². The first-order valence-corrected chi connectivity index (χ1v) is 15.7. The van der Waals surface area contributed by atoms with Gasteiger partial charge in [-0.1, -0.05) is 74.8 Å².